The van der Waals surface area contributed by atoms with E-state index in [0.717, 1.165) is 37.7 Å². The van der Waals surface area contributed by atoms with Crippen LogP contribution in [0.5, 0.6) is 0 Å². The Morgan fingerprint density at radius 3 is 2.33 bits per heavy atom. The second-order valence-electron chi connectivity index (χ2n) is 6.70. The van der Waals surface area contributed by atoms with Crippen LogP contribution in [0.25, 0.3) is 11.3 Å². The van der Waals surface area contributed by atoms with E-state index in [0.29, 0.717) is 0 Å². The monoisotopic (exact) mass is 284 g/mol. The van der Waals surface area contributed by atoms with Crippen LogP contribution in [-0.2, 0) is 5.41 Å². The molecule has 1 aliphatic rings. The van der Waals surface area contributed by atoms with Gasteiger partial charge in [0, 0.05) is 32.2 Å². The van der Waals surface area contributed by atoms with Crippen LogP contribution in [0.3, 0.4) is 0 Å². The molecule has 2 heterocycles. The van der Waals surface area contributed by atoms with Crippen LogP contribution in [0.4, 0.5) is 5.82 Å². The van der Waals surface area contributed by atoms with Gasteiger partial charge in [0.2, 0.25) is 0 Å². The van der Waals surface area contributed by atoms with Crippen molar-refractivity contribution < 1.29 is 0 Å². The van der Waals surface area contributed by atoms with E-state index in [-0.39, 0.29) is 5.41 Å². The molecular formula is C17H24N4. The lowest BCUT2D eigenvalue weighted by molar-refractivity contribution is 0.584. The number of nitrogens with zero attached hydrogens (tertiary/aromatic N) is 2. The first-order valence-electron chi connectivity index (χ1n) is 7.66. The lowest BCUT2D eigenvalue weighted by atomic mass is 9.86. The van der Waals surface area contributed by atoms with Gasteiger partial charge in [-0.25, -0.2) is 0 Å². The number of nitrogens with one attached hydrogen (secondary N) is 2. The number of rotatable bonds is 2. The van der Waals surface area contributed by atoms with Crippen LogP contribution >= 0.6 is 0 Å². The molecule has 0 radical (unpaired) electrons. The molecule has 1 aliphatic heterocycles. The van der Waals surface area contributed by atoms with E-state index < -0.39 is 0 Å². The second kappa shape index (κ2) is 5.53. The quantitative estimate of drug-likeness (QED) is 0.891. The van der Waals surface area contributed by atoms with Crippen molar-refractivity contribution in [2.24, 2.45) is 0 Å². The van der Waals surface area contributed by atoms with Crippen LogP contribution in [-0.4, -0.2) is 36.4 Å². The molecule has 3 rings (SSSR count). The van der Waals surface area contributed by atoms with Crippen molar-refractivity contribution in [2.75, 3.05) is 31.1 Å². The van der Waals surface area contributed by atoms with Crippen molar-refractivity contribution >= 4 is 5.82 Å². The number of anilines is 1. The van der Waals surface area contributed by atoms with Gasteiger partial charge in [-0.1, -0.05) is 45.0 Å². The van der Waals surface area contributed by atoms with Crippen LogP contribution in [0.2, 0.25) is 0 Å². The van der Waals surface area contributed by atoms with Crippen molar-refractivity contribution in [3.63, 3.8) is 0 Å². The number of aromatic nitrogens is 2. The highest BCUT2D eigenvalue weighted by molar-refractivity contribution is 5.63. The molecule has 4 heteroatoms. The third-order valence-corrected chi connectivity index (χ3v) is 4.07. The largest absolute Gasteiger partial charge is 0.353 e. The molecule has 2 N–H and O–H groups in total. The topological polar surface area (TPSA) is 44.0 Å². The van der Waals surface area contributed by atoms with E-state index in [1.165, 1.54) is 11.1 Å². The van der Waals surface area contributed by atoms with Gasteiger partial charge in [0.05, 0.1) is 5.69 Å². The molecule has 0 spiro atoms. The van der Waals surface area contributed by atoms with Gasteiger partial charge < -0.3 is 10.2 Å². The fourth-order valence-electron chi connectivity index (χ4n) is 2.66. The van der Waals surface area contributed by atoms with Gasteiger partial charge in [0.25, 0.3) is 0 Å². The Balaban J connectivity index is 1.79. The fourth-order valence-corrected chi connectivity index (χ4v) is 2.66. The van der Waals surface area contributed by atoms with E-state index in [2.05, 4.69) is 71.5 Å². The van der Waals surface area contributed by atoms with Crippen LogP contribution in [0, 0.1) is 0 Å². The molecule has 1 aromatic heterocycles. The minimum Gasteiger partial charge on any atom is -0.353 e. The molecular weight excluding hydrogens is 260 g/mol. The van der Waals surface area contributed by atoms with Gasteiger partial charge in [-0.05, 0) is 16.5 Å². The van der Waals surface area contributed by atoms with E-state index in [1.807, 2.05) is 0 Å². The van der Waals surface area contributed by atoms with E-state index in [9.17, 15) is 0 Å². The maximum absolute atomic E-state index is 4.46. The third kappa shape index (κ3) is 3.10. The van der Waals surface area contributed by atoms with Crippen molar-refractivity contribution in [3.8, 4) is 11.3 Å². The van der Waals surface area contributed by atoms with Gasteiger partial charge >= 0.3 is 0 Å². The molecule has 0 amide bonds. The molecule has 112 valence electrons. The lowest BCUT2D eigenvalue weighted by Gasteiger charge is -2.26. The first-order valence-corrected chi connectivity index (χ1v) is 7.66. The Bertz CT molecular complexity index is 586. The molecule has 4 nitrogen and oxygen atoms in total. The standard InChI is InChI=1S/C17H24N4/c1-17(2,3)14-6-4-13(5-7-14)15-12-16(20-19-15)21-10-8-18-9-11-21/h4-7,12,18H,8-11H2,1-3H3,(H,19,20). The van der Waals surface area contributed by atoms with Crippen molar-refractivity contribution in [1.82, 2.24) is 15.5 Å². The highest BCUT2D eigenvalue weighted by Crippen LogP contribution is 2.26. The number of hydrogen-bond donors (Lipinski definition) is 2. The average molecular weight is 284 g/mol. The predicted octanol–water partition coefficient (Wildman–Crippen LogP) is 2.78. The molecule has 1 fully saturated rings. The SMILES string of the molecule is CC(C)(C)c1ccc(-c2cc(N3CCNCC3)n[nH]2)cc1. The van der Waals surface area contributed by atoms with E-state index in [4.69, 9.17) is 0 Å². The summed E-state index contributed by atoms with van der Waals surface area (Å²) in [5, 5.41) is 11.0. The predicted molar refractivity (Wildman–Crippen MR) is 87.8 cm³/mol. The number of benzene rings is 1. The normalized spacial score (nSPS) is 16.2. The summed E-state index contributed by atoms with van der Waals surface area (Å²) in [6.07, 6.45) is 0. The zero-order chi connectivity index (χ0) is 14.9. The summed E-state index contributed by atoms with van der Waals surface area (Å²) in [6.45, 7) is 10.8. The molecule has 0 unspecified atom stereocenters. The Labute approximate surface area is 126 Å². The maximum atomic E-state index is 4.46. The Morgan fingerprint density at radius 1 is 1.05 bits per heavy atom. The first kappa shape index (κ1) is 14.1. The summed E-state index contributed by atoms with van der Waals surface area (Å²) < 4.78 is 0. The van der Waals surface area contributed by atoms with E-state index in [1.54, 1.807) is 0 Å². The smallest absolute Gasteiger partial charge is 0.151 e. The first-order chi connectivity index (χ1) is 10.0. The van der Waals surface area contributed by atoms with Gasteiger partial charge in [-0.3, -0.25) is 5.10 Å². The van der Waals surface area contributed by atoms with Crippen molar-refractivity contribution in [1.29, 1.82) is 0 Å². The summed E-state index contributed by atoms with van der Waals surface area (Å²) in [6, 6.07) is 10.9. The van der Waals surface area contributed by atoms with E-state index >= 15 is 0 Å². The van der Waals surface area contributed by atoms with Gasteiger partial charge in [-0.2, -0.15) is 5.10 Å². The fraction of sp³-hybridized carbons (Fsp3) is 0.471. The molecule has 0 saturated carbocycles. The number of aromatic amines is 1. The second-order valence-corrected chi connectivity index (χ2v) is 6.70. The molecule has 21 heavy (non-hydrogen) atoms. The number of piperazine rings is 1. The zero-order valence-electron chi connectivity index (χ0n) is 13.1. The highest BCUT2D eigenvalue weighted by Gasteiger charge is 2.15. The minimum atomic E-state index is 0.193. The summed E-state index contributed by atoms with van der Waals surface area (Å²) in [5.41, 5.74) is 3.83. The number of hydrogen-bond acceptors (Lipinski definition) is 3. The summed E-state index contributed by atoms with van der Waals surface area (Å²) in [4.78, 5) is 2.32. The lowest BCUT2D eigenvalue weighted by Crippen LogP contribution is -2.43. The maximum Gasteiger partial charge on any atom is 0.151 e. The Hall–Kier alpha value is -1.81. The Kier molecular flexibility index (Phi) is 3.72. The molecule has 0 atom stereocenters. The molecule has 1 aromatic carbocycles. The van der Waals surface area contributed by atoms with Crippen LogP contribution in [0.1, 0.15) is 26.3 Å². The van der Waals surface area contributed by atoms with Crippen molar-refractivity contribution in [2.45, 2.75) is 26.2 Å². The van der Waals surface area contributed by atoms with Gasteiger partial charge in [-0.15, -0.1) is 0 Å². The molecule has 2 aromatic rings. The van der Waals surface area contributed by atoms with Crippen molar-refractivity contribution in [3.05, 3.63) is 35.9 Å². The Morgan fingerprint density at radius 2 is 1.71 bits per heavy atom. The summed E-state index contributed by atoms with van der Waals surface area (Å²) in [7, 11) is 0. The summed E-state index contributed by atoms with van der Waals surface area (Å²) >= 11 is 0. The highest BCUT2D eigenvalue weighted by atomic mass is 15.3. The molecule has 0 bridgehead atoms. The zero-order valence-corrected chi connectivity index (χ0v) is 13.1. The summed E-state index contributed by atoms with van der Waals surface area (Å²) in [5.74, 6) is 1.05. The van der Waals surface area contributed by atoms with Crippen LogP contribution in [0.15, 0.2) is 30.3 Å². The van der Waals surface area contributed by atoms with Crippen LogP contribution < -0.4 is 10.2 Å². The third-order valence-electron chi connectivity index (χ3n) is 4.07. The molecule has 0 aliphatic carbocycles. The molecule has 1 saturated heterocycles. The number of H-pyrrole nitrogens is 1. The average Bonchev–Trinajstić information content (AvgIpc) is 2.97. The minimum absolute atomic E-state index is 0.193. The van der Waals surface area contributed by atoms with Gasteiger partial charge in [0.1, 0.15) is 0 Å². The van der Waals surface area contributed by atoms with Gasteiger partial charge in [0.15, 0.2) is 5.82 Å².